The number of carbonyl (C=O) groups is 1. The van der Waals surface area contributed by atoms with E-state index in [0.29, 0.717) is 16.1 Å². The first kappa shape index (κ1) is 15.7. The smallest absolute Gasteiger partial charge is 0.291 e. The molecule has 1 rings (SSSR count). The molecule has 6 nitrogen and oxygen atoms in total. The van der Waals surface area contributed by atoms with Gasteiger partial charge >= 0.3 is 0 Å². The predicted molar refractivity (Wildman–Crippen MR) is 79.0 cm³/mol. The molecule has 0 fully saturated rings. The van der Waals surface area contributed by atoms with E-state index in [1.165, 1.54) is 0 Å². The summed E-state index contributed by atoms with van der Waals surface area (Å²) < 4.78 is 1.55. The molecule has 1 amide bonds. The summed E-state index contributed by atoms with van der Waals surface area (Å²) in [4.78, 5) is 11.9. The molecule has 0 aromatic carbocycles. The van der Waals surface area contributed by atoms with Gasteiger partial charge in [0.1, 0.15) is 0 Å². The molecular weight excluding hydrogens is 286 g/mol. The summed E-state index contributed by atoms with van der Waals surface area (Å²) in [7, 11) is 1.72. The van der Waals surface area contributed by atoms with Crippen molar-refractivity contribution in [3.63, 3.8) is 0 Å². The molecule has 0 unspecified atom stereocenters. The van der Waals surface area contributed by atoms with Crippen molar-refractivity contribution >= 4 is 34.8 Å². The molecule has 0 spiro atoms. The van der Waals surface area contributed by atoms with Crippen molar-refractivity contribution < 1.29 is 4.79 Å². The van der Waals surface area contributed by atoms with E-state index in [1.807, 2.05) is 0 Å². The normalized spacial score (nSPS) is 10.4. The van der Waals surface area contributed by atoms with Crippen LogP contribution < -0.4 is 16.2 Å². The highest BCUT2D eigenvalue weighted by Gasteiger charge is 2.17. The number of hydrogen-bond acceptors (Lipinski definition) is 3. The number of nitrogens with zero attached hydrogens (tertiary/aromatic N) is 2. The van der Waals surface area contributed by atoms with Gasteiger partial charge in [0.15, 0.2) is 10.8 Å². The molecule has 8 heteroatoms. The van der Waals surface area contributed by atoms with Gasteiger partial charge in [-0.25, -0.2) is 0 Å². The van der Waals surface area contributed by atoms with Crippen molar-refractivity contribution in [2.75, 3.05) is 6.54 Å². The zero-order valence-corrected chi connectivity index (χ0v) is 12.9. The average Bonchev–Trinajstić information content (AvgIpc) is 2.61. The monoisotopic (exact) mass is 303 g/mol. The van der Waals surface area contributed by atoms with Crippen LogP contribution in [0.1, 0.15) is 30.0 Å². The molecule has 0 aliphatic carbocycles. The van der Waals surface area contributed by atoms with Crippen LogP contribution in [-0.4, -0.2) is 27.3 Å². The number of thiocarbonyl (C=S) groups is 1. The Morgan fingerprint density at radius 3 is 2.58 bits per heavy atom. The van der Waals surface area contributed by atoms with E-state index in [0.717, 1.165) is 12.2 Å². The molecule has 1 aromatic heterocycles. The Labute approximate surface area is 122 Å². The number of rotatable bonds is 3. The summed E-state index contributed by atoms with van der Waals surface area (Å²) in [5.41, 5.74) is 5.95. The van der Waals surface area contributed by atoms with Crippen LogP contribution in [0.2, 0.25) is 5.02 Å². The third-order valence-electron chi connectivity index (χ3n) is 2.44. The fourth-order valence-corrected chi connectivity index (χ4v) is 1.62. The minimum absolute atomic E-state index is 0.167. The molecule has 1 heterocycles. The zero-order chi connectivity index (χ0) is 14.6. The number of nitrogens with one attached hydrogen (secondary N) is 3. The van der Waals surface area contributed by atoms with Crippen molar-refractivity contribution in [3.8, 4) is 0 Å². The second kappa shape index (κ2) is 6.72. The Morgan fingerprint density at radius 2 is 2.11 bits per heavy atom. The highest BCUT2D eigenvalue weighted by molar-refractivity contribution is 7.80. The van der Waals surface area contributed by atoms with Crippen LogP contribution in [0.15, 0.2) is 0 Å². The Kier molecular flexibility index (Phi) is 5.56. The molecule has 0 saturated carbocycles. The Morgan fingerprint density at radius 1 is 1.47 bits per heavy atom. The molecule has 106 valence electrons. The van der Waals surface area contributed by atoms with Crippen molar-refractivity contribution in [1.82, 2.24) is 25.9 Å². The molecule has 0 aliphatic rings. The fourth-order valence-electron chi connectivity index (χ4n) is 1.24. The first-order valence-electron chi connectivity index (χ1n) is 5.86. The number of aryl methyl sites for hydroxylation is 1. The van der Waals surface area contributed by atoms with E-state index in [2.05, 4.69) is 35.1 Å². The van der Waals surface area contributed by atoms with Crippen LogP contribution in [0, 0.1) is 12.8 Å². The van der Waals surface area contributed by atoms with Gasteiger partial charge in [0.2, 0.25) is 0 Å². The third-order valence-corrected chi connectivity index (χ3v) is 3.14. The maximum Gasteiger partial charge on any atom is 0.291 e. The van der Waals surface area contributed by atoms with Gasteiger partial charge in [-0.3, -0.25) is 20.3 Å². The minimum atomic E-state index is -0.428. The fraction of sp³-hybridized carbons (Fsp3) is 0.545. The maximum absolute atomic E-state index is 11.9. The van der Waals surface area contributed by atoms with Crippen molar-refractivity contribution in [3.05, 3.63) is 16.4 Å². The second-order valence-electron chi connectivity index (χ2n) is 4.55. The van der Waals surface area contributed by atoms with Gasteiger partial charge in [0.25, 0.3) is 5.91 Å². The van der Waals surface area contributed by atoms with E-state index < -0.39 is 5.91 Å². The average molecular weight is 304 g/mol. The van der Waals surface area contributed by atoms with Crippen LogP contribution in [-0.2, 0) is 7.05 Å². The lowest BCUT2D eigenvalue weighted by atomic mass is 10.2. The molecule has 0 atom stereocenters. The number of carbonyl (C=O) groups excluding carboxylic acids is 1. The number of amides is 1. The zero-order valence-electron chi connectivity index (χ0n) is 11.4. The van der Waals surface area contributed by atoms with Crippen molar-refractivity contribution in [1.29, 1.82) is 0 Å². The molecule has 0 saturated heterocycles. The van der Waals surface area contributed by atoms with Gasteiger partial charge in [-0.05, 0) is 25.1 Å². The summed E-state index contributed by atoms with van der Waals surface area (Å²) in [5, 5.41) is 7.69. The standard InChI is InChI=1S/C11H18ClN5OS/c1-6(2)5-13-11(19)15-14-10(18)9-8(12)7(3)17(4)16-9/h6H,5H2,1-4H3,(H,14,18)(H2,13,15,19). The van der Waals surface area contributed by atoms with Crippen LogP contribution >= 0.6 is 23.8 Å². The van der Waals surface area contributed by atoms with E-state index in [1.54, 1.807) is 18.7 Å². The summed E-state index contributed by atoms with van der Waals surface area (Å²) in [6.07, 6.45) is 0. The van der Waals surface area contributed by atoms with E-state index in [-0.39, 0.29) is 5.69 Å². The van der Waals surface area contributed by atoms with Crippen LogP contribution in [0.4, 0.5) is 0 Å². The third kappa shape index (κ3) is 4.36. The highest BCUT2D eigenvalue weighted by atomic mass is 35.5. The molecule has 1 aromatic rings. The van der Waals surface area contributed by atoms with Crippen molar-refractivity contribution in [2.24, 2.45) is 13.0 Å². The number of aromatic nitrogens is 2. The van der Waals surface area contributed by atoms with Crippen LogP contribution in [0.5, 0.6) is 0 Å². The molecule has 19 heavy (non-hydrogen) atoms. The topological polar surface area (TPSA) is 71.0 Å². The van der Waals surface area contributed by atoms with Crippen molar-refractivity contribution in [2.45, 2.75) is 20.8 Å². The molecule has 0 radical (unpaired) electrons. The van der Waals surface area contributed by atoms with E-state index in [9.17, 15) is 4.79 Å². The summed E-state index contributed by atoms with van der Waals surface area (Å²) >= 11 is 11.0. The second-order valence-corrected chi connectivity index (χ2v) is 5.34. The Hall–Kier alpha value is -1.34. The maximum atomic E-state index is 11.9. The summed E-state index contributed by atoms with van der Waals surface area (Å²) in [5.74, 6) is 0.0331. The largest absolute Gasteiger partial charge is 0.361 e. The van der Waals surface area contributed by atoms with Gasteiger partial charge < -0.3 is 5.32 Å². The Bertz CT molecular complexity index is 486. The first-order valence-corrected chi connectivity index (χ1v) is 6.64. The van der Waals surface area contributed by atoms with Gasteiger partial charge in [0.05, 0.1) is 10.7 Å². The van der Waals surface area contributed by atoms with E-state index in [4.69, 9.17) is 23.8 Å². The first-order chi connectivity index (χ1) is 8.82. The number of hydrogen-bond donors (Lipinski definition) is 3. The lowest BCUT2D eigenvalue weighted by molar-refractivity contribution is 0.0938. The highest BCUT2D eigenvalue weighted by Crippen LogP contribution is 2.18. The SMILES string of the molecule is Cc1c(Cl)c(C(=O)NNC(=S)NCC(C)C)nn1C. The van der Waals surface area contributed by atoms with Gasteiger partial charge in [-0.15, -0.1) is 0 Å². The molecule has 0 bridgehead atoms. The predicted octanol–water partition coefficient (Wildman–Crippen LogP) is 1.15. The van der Waals surface area contributed by atoms with Crippen LogP contribution in [0.25, 0.3) is 0 Å². The summed E-state index contributed by atoms with van der Waals surface area (Å²) in [6, 6.07) is 0. The Balaban J connectivity index is 2.52. The van der Waals surface area contributed by atoms with Gasteiger partial charge in [-0.2, -0.15) is 5.10 Å². The molecule has 0 aliphatic heterocycles. The van der Waals surface area contributed by atoms with E-state index >= 15 is 0 Å². The number of hydrazine groups is 1. The minimum Gasteiger partial charge on any atom is -0.361 e. The number of halogens is 1. The van der Waals surface area contributed by atoms with Gasteiger partial charge in [-0.1, -0.05) is 25.4 Å². The molecular formula is C11H18ClN5OS. The van der Waals surface area contributed by atoms with Crippen LogP contribution in [0.3, 0.4) is 0 Å². The quantitative estimate of drug-likeness (QED) is 0.577. The molecule has 3 N–H and O–H groups in total. The summed E-state index contributed by atoms with van der Waals surface area (Å²) in [6.45, 7) is 6.63. The van der Waals surface area contributed by atoms with Gasteiger partial charge in [0, 0.05) is 13.6 Å². The lowest BCUT2D eigenvalue weighted by Crippen LogP contribution is -2.47. The lowest BCUT2D eigenvalue weighted by Gasteiger charge is -2.12.